The summed E-state index contributed by atoms with van der Waals surface area (Å²) in [7, 11) is -2.85. The molecule has 0 radical (unpaired) electrons. The van der Waals surface area contributed by atoms with Crippen LogP contribution in [0, 0.1) is 0 Å². The van der Waals surface area contributed by atoms with Gasteiger partial charge < -0.3 is 15.6 Å². The highest BCUT2D eigenvalue weighted by Crippen LogP contribution is 2.26. The lowest BCUT2D eigenvalue weighted by atomic mass is 10.2. The maximum absolute atomic E-state index is 13.0. The number of aliphatic hydroxyl groups excluding tert-OH is 1. The van der Waals surface area contributed by atoms with Crippen LogP contribution in [0.2, 0.25) is 0 Å². The van der Waals surface area contributed by atoms with Crippen molar-refractivity contribution in [2.75, 3.05) is 13.7 Å². The number of primary amides is 1. The van der Waals surface area contributed by atoms with Crippen LogP contribution in [-0.4, -0.2) is 38.0 Å². The number of benzene rings is 2. The fourth-order valence-corrected chi connectivity index (χ4v) is 3.92. The van der Waals surface area contributed by atoms with Crippen LogP contribution < -0.4 is 15.8 Å². The first-order valence-electron chi connectivity index (χ1n) is 7.46. The predicted octanol–water partition coefficient (Wildman–Crippen LogP) is 0.433. The Kier molecular flexibility index (Phi) is 5.78. The monoisotopic (exact) mass is 364 g/mol. The second-order valence-corrected chi connectivity index (χ2v) is 7.54. The van der Waals surface area contributed by atoms with Gasteiger partial charge >= 0.3 is 0 Å². The SMILES string of the molecule is COc1ccc(S(=O)(=O)C(CO)(NCc2ccccc2)C(N)=O)cc1. The van der Waals surface area contributed by atoms with Gasteiger partial charge in [0.05, 0.1) is 18.6 Å². The molecule has 1 amide bonds. The number of rotatable bonds is 8. The third-order valence-corrected chi connectivity index (χ3v) is 6.15. The Morgan fingerprint density at radius 1 is 1.16 bits per heavy atom. The molecule has 1 unspecified atom stereocenters. The average Bonchev–Trinajstić information content (AvgIpc) is 2.63. The number of sulfone groups is 1. The quantitative estimate of drug-likeness (QED) is 0.625. The lowest BCUT2D eigenvalue weighted by molar-refractivity contribution is -0.122. The molecule has 0 aliphatic rings. The molecule has 0 saturated heterocycles. The van der Waals surface area contributed by atoms with Gasteiger partial charge in [-0.2, -0.15) is 0 Å². The standard InChI is InChI=1S/C17H20N2O5S/c1-24-14-7-9-15(10-8-14)25(22,23)17(12-20,16(18)21)19-11-13-5-3-2-4-6-13/h2-10,19-20H,11-12H2,1H3,(H2,18,21). The second kappa shape index (κ2) is 7.64. The van der Waals surface area contributed by atoms with E-state index in [0.29, 0.717) is 5.75 Å². The summed E-state index contributed by atoms with van der Waals surface area (Å²) < 4.78 is 31.0. The Balaban J connectivity index is 2.41. The van der Waals surface area contributed by atoms with Crippen LogP contribution in [0.4, 0.5) is 0 Å². The van der Waals surface area contributed by atoms with Crippen LogP contribution in [0.15, 0.2) is 59.5 Å². The van der Waals surface area contributed by atoms with Gasteiger partial charge in [0.2, 0.25) is 14.7 Å². The van der Waals surface area contributed by atoms with E-state index in [1.54, 1.807) is 24.3 Å². The minimum atomic E-state index is -4.30. The first kappa shape index (κ1) is 18.9. The summed E-state index contributed by atoms with van der Waals surface area (Å²) in [6.45, 7) is -0.955. The van der Waals surface area contributed by atoms with Gasteiger partial charge in [0.25, 0.3) is 5.91 Å². The van der Waals surface area contributed by atoms with Gasteiger partial charge in [-0.15, -0.1) is 0 Å². The molecular formula is C17H20N2O5S. The fourth-order valence-electron chi connectivity index (χ4n) is 2.33. The molecule has 8 heteroatoms. The van der Waals surface area contributed by atoms with E-state index in [-0.39, 0.29) is 11.4 Å². The zero-order valence-corrected chi connectivity index (χ0v) is 14.5. The molecule has 0 heterocycles. The van der Waals surface area contributed by atoms with Crippen molar-refractivity contribution in [3.63, 3.8) is 0 Å². The summed E-state index contributed by atoms with van der Waals surface area (Å²) in [6, 6.07) is 14.4. The number of hydrogen-bond acceptors (Lipinski definition) is 6. The second-order valence-electron chi connectivity index (χ2n) is 5.37. The van der Waals surface area contributed by atoms with Crippen molar-refractivity contribution in [1.29, 1.82) is 0 Å². The normalized spacial score (nSPS) is 13.8. The summed E-state index contributed by atoms with van der Waals surface area (Å²) in [5, 5.41) is 12.4. The van der Waals surface area contributed by atoms with E-state index in [4.69, 9.17) is 10.5 Å². The number of ether oxygens (including phenoxy) is 1. The molecule has 134 valence electrons. The van der Waals surface area contributed by atoms with Gasteiger partial charge in [0.15, 0.2) is 0 Å². The summed E-state index contributed by atoms with van der Waals surface area (Å²) in [6.07, 6.45) is 0. The van der Waals surface area contributed by atoms with Crippen LogP contribution >= 0.6 is 0 Å². The molecule has 0 aliphatic carbocycles. The van der Waals surface area contributed by atoms with Crippen LogP contribution in [0.3, 0.4) is 0 Å². The Bertz CT molecular complexity index is 822. The highest BCUT2D eigenvalue weighted by atomic mass is 32.2. The maximum Gasteiger partial charge on any atom is 0.256 e. The summed E-state index contributed by atoms with van der Waals surface area (Å²) in [4.78, 5) is 9.53. The molecule has 7 nitrogen and oxygen atoms in total. The third kappa shape index (κ3) is 3.65. The predicted molar refractivity (Wildman–Crippen MR) is 92.5 cm³/mol. The fraction of sp³-hybridized carbons (Fsp3) is 0.235. The number of carbonyl (C=O) groups excluding carboxylic acids is 1. The first-order chi connectivity index (χ1) is 11.9. The first-order valence-corrected chi connectivity index (χ1v) is 8.94. The number of methoxy groups -OCH3 is 1. The summed E-state index contributed by atoms with van der Waals surface area (Å²) >= 11 is 0. The molecular weight excluding hydrogens is 344 g/mol. The maximum atomic E-state index is 13.0. The van der Waals surface area contributed by atoms with Crippen molar-refractivity contribution in [3.8, 4) is 5.75 Å². The number of hydrogen-bond donors (Lipinski definition) is 3. The summed E-state index contributed by atoms with van der Waals surface area (Å²) in [5.74, 6) is -0.716. The zero-order valence-electron chi connectivity index (χ0n) is 13.7. The molecule has 1 atom stereocenters. The zero-order chi connectivity index (χ0) is 18.5. The van der Waals surface area contributed by atoms with Crippen molar-refractivity contribution >= 4 is 15.7 Å². The van der Waals surface area contributed by atoms with E-state index in [1.807, 2.05) is 6.07 Å². The Morgan fingerprint density at radius 3 is 2.24 bits per heavy atom. The lowest BCUT2D eigenvalue weighted by Crippen LogP contribution is -2.62. The van der Waals surface area contributed by atoms with Crippen molar-refractivity contribution in [3.05, 3.63) is 60.2 Å². The topological polar surface area (TPSA) is 119 Å². The van der Waals surface area contributed by atoms with E-state index in [0.717, 1.165) is 5.56 Å². The smallest absolute Gasteiger partial charge is 0.256 e. The largest absolute Gasteiger partial charge is 0.497 e. The molecule has 25 heavy (non-hydrogen) atoms. The number of nitrogens with two attached hydrogens (primary N) is 1. The van der Waals surface area contributed by atoms with E-state index < -0.39 is 27.2 Å². The average molecular weight is 364 g/mol. The molecule has 2 aromatic rings. The molecule has 0 spiro atoms. The minimum Gasteiger partial charge on any atom is -0.497 e. The van der Waals surface area contributed by atoms with Crippen LogP contribution in [0.25, 0.3) is 0 Å². The molecule has 4 N–H and O–H groups in total. The van der Waals surface area contributed by atoms with Crippen LogP contribution in [0.5, 0.6) is 5.75 Å². The van der Waals surface area contributed by atoms with E-state index in [1.165, 1.54) is 31.4 Å². The van der Waals surface area contributed by atoms with Gasteiger partial charge in [-0.3, -0.25) is 10.1 Å². The van der Waals surface area contributed by atoms with Gasteiger partial charge in [-0.1, -0.05) is 30.3 Å². The summed E-state index contributed by atoms with van der Waals surface area (Å²) in [5.41, 5.74) is 6.10. The third-order valence-electron chi connectivity index (χ3n) is 3.87. The minimum absolute atomic E-state index is 0.0414. The van der Waals surface area contributed by atoms with Crippen LogP contribution in [-0.2, 0) is 21.2 Å². The molecule has 0 fully saturated rings. The molecule has 0 aliphatic heterocycles. The molecule has 0 saturated carbocycles. The van der Waals surface area contributed by atoms with Gasteiger partial charge in [-0.25, -0.2) is 8.42 Å². The van der Waals surface area contributed by atoms with E-state index in [2.05, 4.69) is 5.32 Å². The molecule has 2 rings (SSSR count). The van der Waals surface area contributed by atoms with E-state index >= 15 is 0 Å². The van der Waals surface area contributed by atoms with Gasteiger partial charge in [-0.05, 0) is 29.8 Å². The number of amides is 1. The number of nitrogens with one attached hydrogen (secondary N) is 1. The number of carbonyl (C=O) groups is 1. The van der Waals surface area contributed by atoms with Crippen LogP contribution in [0.1, 0.15) is 5.56 Å². The van der Waals surface area contributed by atoms with Crippen molar-refractivity contribution in [2.24, 2.45) is 5.73 Å². The van der Waals surface area contributed by atoms with Gasteiger partial charge in [0, 0.05) is 6.54 Å². The van der Waals surface area contributed by atoms with Crippen molar-refractivity contribution in [1.82, 2.24) is 5.32 Å². The van der Waals surface area contributed by atoms with Gasteiger partial charge in [0.1, 0.15) is 5.75 Å². The van der Waals surface area contributed by atoms with E-state index in [9.17, 15) is 18.3 Å². The molecule has 0 aromatic heterocycles. The Morgan fingerprint density at radius 2 is 1.76 bits per heavy atom. The highest BCUT2D eigenvalue weighted by molar-refractivity contribution is 7.93. The molecule has 2 aromatic carbocycles. The molecule has 0 bridgehead atoms. The van der Waals surface area contributed by atoms with Crippen molar-refractivity contribution < 1.29 is 23.1 Å². The van der Waals surface area contributed by atoms with Crippen molar-refractivity contribution in [2.45, 2.75) is 16.3 Å². The Labute approximate surface area is 146 Å². The highest BCUT2D eigenvalue weighted by Gasteiger charge is 2.49. The lowest BCUT2D eigenvalue weighted by Gasteiger charge is -2.29. The Hall–Kier alpha value is -2.42. The number of aliphatic hydroxyl groups is 1.